The molecule has 2 aromatic carbocycles. The van der Waals surface area contributed by atoms with Crippen molar-refractivity contribution in [3.8, 4) is 0 Å². The third kappa shape index (κ3) is 2.60. The van der Waals surface area contributed by atoms with Crippen molar-refractivity contribution >= 4 is 5.78 Å². The van der Waals surface area contributed by atoms with Crippen molar-refractivity contribution in [2.24, 2.45) is 0 Å². The average Bonchev–Trinajstić information content (AvgIpc) is 2.78. The molecule has 22 heavy (non-hydrogen) atoms. The van der Waals surface area contributed by atoms with Crippen LogP contribution in [0.4, 0.5) is 0 Å². The Morgan fingerprint density at radius 1 is 1.00 bits per heavy atom. The first-order chi connectivity index (χ1) is 10.7. The molecular weight excluding hydrogens is 272 g/mol. The molecule has 0 saturated carbocycles. The fourth-order valence-corrected chi connectivity index (χ4v) is 2.94. The van der Waals surface area contributed by atoms with Crippen LogP contribution >= 0.6 is 0 Å². The summed E-state index contributed by atoms with van der Waals surface area (Å²) >= 11 is 0. The Kier molecular flexibility index (Phi) is 3.92. The zero-order valence-corrected chi connectivity index (χ0v) is 12.5. The van der Waals surface area contributed by atoms with E-state index in [0.717, 1.165) is 16.7 Å². The molecule has 0 bridgehead atoms. The van der Waals surface area contributed by atoms with Crippen LogP contribution in [0.1, 0.15) is 24.0 Å². The van der Waals surface area contributed by atoms with Gasteiger partial charge in [0.1, 0.15) is 0 Å². The zero-order valence-electron chi connectivity index (χ0n) is 12.5. The fraction of sp³-hybridized carbons (Fsp3) is 0.150. The SMILES string of the molecule is CC1=C(O)C(=O)/C(=C\Cc2ccccc2)C1c1ccccc1. The molecule has 2 heteroatoms. The molecule has 0 heterocycles. The number of benzene rings is 2. The fourth-order valence-electron chi connectivity index (χ4n) is 2.94. The molecule has 2 aromatic rings. The molecule has 2 nitrogen and oxygen atoms in total. The topological polar surface area (TPSA) is 37.3 Å². The molecule has 1 aliphatic rings. The van der Waals surface area contributed by atoms with E-state index in [1.54, 1.807) is 0 Å². The van der Waals surface area contributed by atoms with Crippen molar-refractivity contribution in [2.75, 3.05) is 0 Å². The van der Waals surface area contributed by atoms with Crippen molar-refractivity contribution in [1.82, 2.24) is 0 Å². The molecule has 110 valence electrons. The van der Waals surface area contributed by atoms with Crippen molar-refractivity contribution < 1.29 is 9.90 Å². The summed E-state index contributed by atoms with van der Waals surface area (Å²) in [6, 6.07) is 19.9. The predicted molar refractivity (Wildman–Crippen MR) is 87.7 cm³/mol. The van der Waals surface area contributed by atoms with Crippen LogP contribution in [0.3, 0.4) is 0 Å². The minimum absolute atomic E-state index is 0.104. The number of hydrogen-bond acceptors (Lipinski definition) is 2. The van der Waals surface area contributed by atoms with Gasteiger partial charge in [0.15, 0.2) is 5.76 Å². The molecule has 1 aliphatic carbocycles. The van der Waals surface area contributed by atoms with Crippen molar-refractivity contribution in [3.05, 3.63) is 94.8 Å². The summed E-state index contributed by atoms with van der Waals surface area (Å²) in [4.78, 5) is 12.3. The van der Waals surface area contributed by atoms with Crippen LogP contribution in [0, 0.1) is 0 Å². The molecule has 1 atom stereocenters. The van der Waals surface area contributed by atoms with Crippen LogP contribution in [0.25, 0.3) is 0 Å². The number of ketones is 1. The van der Waals surface area contributed by atoms with E-state index in [1.807, 2.05) is 73.7 Å². The van der Waals surface area contributed by atoms with E-state index in [0.29, 0.717) is 12.0 Å². The standard InChI is InChI=1S/C20H18O2/c1-14-18(16-10-6-3-7-11-16)17(20(22)19(14)21)13-12-15-8-4-2-5-9-15/h2-11,13,18,21H,12H2,1H3/b17-13-. The van der Waals surface area contributed by atoms with Crippen molar-refractivity contribution in [3.63, 3.8) is 0 Å². The molecule has 1 N–H and O–H groups in total. The molecule has 0 amide bonds. The second-order valence-electron chi connectivity index (χ2n) is 5.55. The number of carbonyl (C=O) groups is 1. The Hall–Kier alpha value is -2.61. The van der Waals surface area contributed by atoms with Gasteiger partial charge in [-0.05, 0) is 30.0 Å². The highest BCUT2D eigenvalue weighted by atomic mass is 16.3. The van der Waals surface area contributed by atoms with Gasteiger partial charge in [0.25, 0.3) is 0 Å². The smallest absolute Gasteiger partial charge is 0.223 e. The summed E-state index contributed by atoms with van der Waals surface area (Å²) in [7, 11) is 0. The van der Waals surface area contributed by atoms with E-state index in [2.05, 4.69) is 0 Å². The van der Waals surface area contributed by atoms with Crippen LogP contribution in [-0.2, 0) is 11.2 Å². The highest BCUT2D eigenvalue weighted by Crippen LogP contribution is 2.40. The van der Waals surface area contributed by atoms with Gasteiger partial charge in [-0.3, -0.25) is 4.79 Å². The van der Waals surface area contributed by atoms with Gasteiger partial charge in [0, 0.05) is 11.5 Å². The molecule has 0 fully saturated rings. The molecule has 1 unspecified atom stereocenters. The maximum atomic E-state index is 12.3. The maximum Gasteiger partial charge on any atom is 0.223 e. The van der Waals surface area contributed by atoms with E-state index in [1.165, 1.54) is 0 Å². The third-order valence-corrected chi connectivity index (χ3v) is 4.13. The minimum atomic E-state index is -0.248. The molecule has 3 rings (SSSR count). The molecule has 0 radical (unpaired) electrons. The van der Waals surface area contributed by atoms with Gasteiger partial charge in [0.2, 0.25) is 5.78 Å². The summed E-state index contributed by atoms with van der Waals surface area (Å²) in [6.07, 6.45) is 2.63. The van der Waals surface area contributed by atoms with E-state index < -0.39 is 0 Å². The van der Waals surface area contributed by atoms with Crippen LogP contribution in [0.5, 0.6) is 0 Å². The maximum absolute atomic E-state index is 12.3. The quantitative estimate of drug-likeness (QED) is 0.853. The summed E-state index contributed by atoms with van der Waals surface area (Å²) in [5.74, 6) is -0.493. The summed E-state index contributed by atoms with van der Waals surface area (Å²) in [6.45, 7) is 1.83. The Balaban J connectivity index is 1.96. The molecular formula is C20H18O2. The van der Waals surface area contributed by atoms with Gasteiger partial charge in [-0.15, -0.1) is 0 Å². The van der Waals surface area contributed by atoms with Gasteiger partial charge >= 0.3 is 0 Å². The van der Waals surface area contributed by atoms with Crippen LogP contribution in [0.15, 0.2) is 83.6 Å². The van der Waals surface area contributed by atoms with E-state index in [9.17, 15) is 9.90 Å². The number of carbonyl (C=O) groups excluding carboxylic acids is 1. The lowest BCUT2D eigenvalue weighted by atomic mass is 9.88. The first-order valence-electron chi connectivity index (χ1n) is 7.42. The highest BCUT2D eigenvalue weighted by molar-refractivity contribution is 6.11. The van der Waals surface area contributed by atoms with Gasteiger partial charge in [-0.25, -0.2) is 0 Å². The van der Waals surface area contributed by atoms with E-state index >= 15 is 0 Å². The summed E-state index contributed by atoms with van der Waals surface area (Å²) in [5.41, 5.74) is 3.59. The van der Waals surface area contributed by atoms with Gasteiger partial charge in [-0.1, -0.05) is 66.7 Å². The van der Waals surface area contributed by atoms with Crippen LogP contribution in [-0.4, -0.2) is 10.9 Å². The first-order valence-corrected chi connectivity index (χ1v) is 7.42. The number of rotatable bonds is 3. The minimum Gasteiger partial charge on any atom is -0.504 e. The number of Topliss-reactive ketones (excluding diaryl/α,β-unsaturated/α-hetero) is 1. The molecule has 0 aromatic heterocycles. The largest absolute Gasteiger partial charge is 0.504 e. The number of hydrogen-bond donors (Lipinski definition) is 1. The number of allylic oxidation sites excluding steroid dienone is 3. The number of aliphatic hydroxyl groups excluding tert-OH is 1. The Bertz CT molecular complexity index is 740. The normalized spacial score (nSPS) is 20.0. The van der Waals surface area contributed by atoms with Gasteiger partial charge in [-0.2, -0.15) is 0 Å². The second kappa shape index (κ2) is 6.02. The van der Waals surface area contributed by atoms with Crippen LogP contribution < -0.4 is 0 Å². The first kappa shape index (κ1) is 14.3. The van der Waals surface area contributed by atoms with Gasteiger partial charge in [0.05, 0.1) is 0 Å². The van der Waals surface area contributed by atoms with E-state index in [-0.39, 0.29) is 17.5 Å². The molecule has 0 spiro atoms. The van der Waals surface area contributed by atoms with Gasteiger partial charge < -0.3 is 5.11 Å². The lowest BCUT2D eigenvalue weighted by Gasteiger charge is -2.14. The lowest BCUT2D eigenvalue weighted by Crippen LogP contribution is -2.05. The van der Waals surface area contributed by atoms with E-state index in [4.69, 9.17) is 0 Å². The number of aliphatic hydroxyl groups is 1. The summed E-state index contributed by atoms with van der Waals surface area (Å²) < 4.78 is 0. The van der Waals surface area contributed by atoms with Crippen LogP contribution in [0.2, 0.25) is 0 Å². The summed E-state index contributed by atoms with van der Waals surface area (Å²) in [5, 5.41) is 10.1. The lowest BCUT2D eigenvalue weighted by molar-refractivity contribution is -0.114. The highest BCUT2D eigenvalue weighted by Gasteiger charge is 2.35. The van der Waals surface area contributed by atoms with Crippen molar-refractivity contribution in [2.45, 2.75) is 19.3 Å². The van der Waals surface area contributed by atoms with Crippen molar-refractivity contribution in [1.29, 1.82) is 0 Å². The molecule has 0 aliphatic heterocycles. The molecule has 0 saturated heterocycles. The predicted octanol–water partition coefficient (Wildman–Crippen LogP) is 4.35. The zero-order chi connectivity index (χ0) is 15.5. The third-order valence-electron chi connectivity index (χ3n) is 4.13. The Morgan fingerprint density at radius 2 is 1.59 bits per heavy atom. The monoisotopic (exact) mass is 290 g/mol. The Labute approximate surface area is 130 Å². The average molecular weight is 290 g/mol. The Morgan fingerprint density at radius 3 is 2.23 bits per heavy atom. The second-order valence-corrected chi connectivity index (χ2v) is 5.55.